The van der Waals surface area contributed by atoms with Crippen LogP contribution in [0.4, 0.5) is 9.93 Å². The molecule has 0 fully saturated rings. The van der Waals surface area contributed by atoms with Crippen molar-refractivity contribution in [2.45, 2.75) is 39.8 Å². The van der Waals surface area contributed by atoms with E-state index in [-0.39, 0.29) is 18.4 Å². The third-order valence-corrected chi connectivity index (χ3v) is 4.66. The summed E-state index contributed by atoms with van der Waals surface area (Å²) in [5.41, 5.74) is 0.889. The molecule has 6 nitrogen and oxygen atoms in total. The number of rotatable bonds is 7. The summed E-state index contributed by atoms with van der Waals surface area (Å²) in [6.07, 6.45) is 1.83. The molecule has 7 heteroatoms. The van der Waals surface area contributed by atoms with Crippen LogP contribution in [0.2, 0.25) is 0 Å². The summed E-state index contributed by atoms with van der Waals surface area (Å²) in [6, 6.07) is 8.71. The van der Waals surface area contributed by atoms with E-state index in [0.29, 0.717) is 5.13 Å². The van der Waals surface area contributed by atoms with E-state index in [2.05, 4.69) is 15.6 Å². The van der Waals surface area contributed by atoms with Gasteiger partial charge in [-0.05, 0) is 18.4 Å². The predicted molar refractivity (Wildman–Crippen MR) is 98.5 cm³/mol. The number of alkyl carbamates (subject to hydrolysis) is 1. The van der Waals surface area contributed by atoms with Crippen molar-refractivity contribution in [2.24, 2.45) is 5.92 Å². The molecule has 1 heterocycles. The van der Waals surface area contributed by atoms with Crippen molar-refractivity contribution in [3.8, 4) is 0 Å². The van der Waals surface area contributed by atoms with Gasteiger partial charge in [0, 0.05) is 11.1 Å². The fraction of sp³-hybridized carbons (Fsp3) is 0.389. The molecule has 0 radical (unpaired) electrons. The van der Waals surface area contributed by atoms with Crippen LogP contribution in [0.1, 0.15) is 30.7 Å². The number of benzene rings is 1. The van der Waals surface area contributed by atoms with Gasteiger partial charge in [0.15, 0.2) is 5.13 Å². The van der Waals surface area contributed by atoms with Crippen LogP contribution in [-0.2, 0) is 16.1 Å². The second kappa shape index (κ2) is 9.17. The second-order valence-electron chi connectivity index (χ2n) is 5.83. The molecule has 0 spiro atoms. The van der Waals surface area contributed by atoms with Crippen LogP contribution in [0, 0.1) is 12.8 Å². The van der Waals surface area contributed by atoms with Crippen LogP contribution < -0.4 is 10.6 Å². The largest absolute Gasteiger partial charge is 0.445 e. The molecule has 0 bridgehead atoms. The number of hydrogen-bond donors (Lipinski definition) is 2. The molecule has 1 aromatic carbocycles. The van der Waals surface area contributed by atoms with E-state index in [1.807, 2.05) is 51.1 Å². The molecule has 2 rings (SSSR count). The van der Waals surface area contributed by atoms with Crippen LogP contribution in [0.15, 0.2) is 36.5 Å². The summed E-state index contributed by atoms with van der Waals surface area (Å²) in [4.78, 5) is 29.7. The van der Waals surface area contributed by atoms with Crippen molar-refractivity contribution in [1.82, 2.24) is 10.3 Å². The van der Waals surface area contributed by atoms with Gasteiger partial charge in [-0.15, -0.1) is 11.3 Å². The van der Waals surface area contributed by atoms with Gasteiger partial charge in [0.1, 0.15) is 12.6 Å². The Morgan fingerprint density at radius 2 is 2.00 bits per heavy atom. The van der Waals surface area contributed by atoms with E-state index in [9.17, 15) is 9.59 Å². The Morgan fingerprint density at radius 1 is 1.28 bits per heavy atom. The highest BCUT2D eigenvalue weighted by atomic mass is 32.1. The number of carbonyl (C=O) groups is 2. The molecule has 25 heavy (non-hydrogen) atoms. The molecule has 2 atom stereocenters. The zero-order valence-corrected chi connectivity index (χ0v) is 15.4. The Labute approximate surface area is 151 Å². The third-order valence-electron chi connectivity index (χ3n) is 3.83. The fourth-order valence-corrected chi connectivity index (χ4v) is 2.86. The van der Waals surface area contributed by atoms with E-state index in [4.69, 9.17) is 4.74 Å². The predicted octanol–water partition coefficient (Wildman–Crippen LogP) is 3.73. The van der Waals surface area contributed by atoms with Gasteiger partial charge in [-0.3, -0.25) is 4.79 Å². The summed E-state index contributed by atoms with van der Waals surface area (Å²) in [5, 5.41) is 5.95. The summed E-state index contributed by atoms with van der Waals surface area (Å²) in [6.45, 7) is 5.95. The molecular weight excluding hydrogens is 338 g/mol. The first kappa shape index (κ1) is 18.9. The van der Waals surface area contributed by atoms with E-state index in [0.717, 1.165) is 16.9 Å². The molecule has 0 aliphatic rings. The molecule has 2 aromatic rings. The molecule has 2 amide bonds. The highest BCUT2D eigenvalue weighted by Gasteiger charge is 2.27. The van der Waals surface area contributed by atoms with E-state index in [1.165, 1.54) is 11.3 Å². The Bertz CT molecular complexity index is 703. The first-order valence-corrected chi connectivity index (χ1v) is 9.01. The first-order chi connectivity index (χ1) is 12.0. The lowest BCUT2D eigenvalue weighted by molar-refractivity contribution is -0.119. The van der Waals surface area contributed by atoms with Gasteiger partial charge in [0.25, 0.3) is 0 Å². The average molecular weight is 361 g/mol. The monoisotopic (exact) mass is 361 g/mol. The molecule has 0 saturated heterocycles. The Hall–Kier alpha value is -2.41. The van der Waals surface area contributed by atoms with Crippen molar-refractivity contribution in [3.05, 3.63) is 47.0 Å². The molecule has 0 aliphatic carbocycles. The maximum Gasteiger partial charge on any atom is 0.408 e. The number of amides is 2. The highest BCUT2D eigenvalue weighted by Crippen LogP contribution is 2.18. The van der Waals surface area contributed by atoms with Gasteiger partial charge in [-0.25, -0.2) is 9.78 Å². The molecule has 1 aromatic heterocycles. The first-order valence-electron chi connectivity index (χ1n) is 8.20. The van der Waals surface area contributed by atoms with Gasteiger partial charge in [0.05, 0.1) is 0 Å². The quantitative estimate of drug-likeness (QED) is 0.787. The van der Waals surface area contributed by atoms with Crippen molar-refractivity contribution in [2.75, 3.05) is 5.32 Å². The maximum absolute atomic E-state index is 12.5. The van der Waals surface area contributed by atoms with E-state index in [1.54, 1.807) is 6.20 Å². The minimum absolute atomic E-state index is 0.0367. The summed E-state index contributed by atoms with van der Waals surface area (Å²) in [5.74, 6) is -0.328. The minimum Gasteiger partial charge on any atom is -0.445 e. The molecule has 0 unspecified atom stereocenters. The minimum atomic E-state index is -0.683. The van der Waals surface area contributed by atoms with Gasteiger partial charge in [0.2, 0.25) is 5.91 Å². The number of aryl methyl sites for hydroxylation is 1. The molecule has 0 saturated carbocycles. The normalized spacial score (nSPS) is 12.9. The summed E-state index contributed by atoms with van der Waals surface area (Å²) >= 11 is 1.39. The molecule has 134 valence electrons. The van der Waals surface area contributed by atoms with Crippen molar-refractivity contribution in [1.29, 1.82) is 0 Å². The number of nitrogens with zero attached hydrogens (tertiary/aromatic N) is 1. The van der Waals surface area contributed by atoms with Crippen LogP contribution >= 0.6 is 11.3 Å². The molecular formula is C18H23N3O3S. The van der Waals surface area contributed by atoms with Crippen LogP contribution in [0.5, 0.6) is 0 Å². The lowest BCUT2D eigenvalue weighted by Gasteiger charge is -2.22. The second-order valence-corrected chi connectivity index (χ2v) is 7.07. The molecule has 0 aliphatic heterocycles. The fourth-order valence-electron chi connectivity index (χ4n) is 2.19. The van der Waals surface area contributed by atoms with E-state index < -0.39 is 12.1 Å². The SMILES string of the molecule is CC[C@H](C)[C@H](NC(=O)OCc1ccccc1)C(=O)Nc1ncc(C)s1. The highest BCUT2D eigenvalue weighted by molar-refractivity contribution is 7.15. The van der Waals surface area contributed by atoms with Crippen molar-refractivity contribution >= 4 is 28.5 Å². The average Bonchev–Trinajstić information content (AvgIpc) is 3.02. The number of carbonyl (C=O) groups excluding carboxylic acids is 2. The van der Waals surface area contributed by atoms with E-state index >= 15 is 0 Å². The maximum atomic E-state index is 12.5. The summed E-state index contributed by atoms with van der Waals surface area (Å²) < 4.78 is 5.21. The van der Waals surface area contributed by atoms with Gasteiger partial charge >= 0.3 is 6.09 Å². The van der Waals surface area contributed by atoms with Crippen LogP contribution in [0.25, 0.3) is 0 Å². The van der Waals surface area contributed by atoms with Crippen LogP contribution in [0.3, 0.4) is 0 Å². The molecule has 2 N–H and O–H groups in total. The number of ether oxygens (including phenoxy) is 1. The van der Waals surface area contributed by atoms with Crippen molar-refractivity contribution in [3.63, 3.8) is 0 Å². The lowest BCUT2D eigenvalue weighted by atomic mass is 9.98. The number of nitrogens with one attached hydrogen (secondary N) is 2. The van der Waals surface area contributed by atoms with Crippen molar-refractivity contribution < 1.29 is 14.3 Å². The van der Waals surface area contributed by atoms with Gasteiger partial charge in [-0.2, -0.15) is 0 Å². The number of anilines is 1. The Kier molecular flexibility index (Phi) is 6.94. The van der Waals surface area contributed by atoms with Gasteiger partial charge < -0.3 is 15.4 Å². The Balaban J connectivity index is 1.94. The Morgan fingerprint density at radius 3 is 2.60 bits per heavy atom. The lowest BCUT2D eigenvalue weighted by Crippen LogP contribution is -2.47. The summed E-state index contributed by atoms with van der Waals surface area (Å²) in [7, 11) is 0. The number of aromatic nitrogens is 1. The van der Waals surface area contributed by atoms with Crippen LogP contribution in [-0.4, -0.2) is 23.0 Å². The standard InChI is InChI=1S/C18H23N3O3S/c1-4-12(2)15(16(22)21-17-19-10-13(3)25-17)20-18(23)24-11-14-8-6-5-7-9-14/h5-10,12,15H,4,11H2,1-3H3,(H,20,23)(H,19,21,22)/t12-,15-/m0/s1. The third kappa shape index (κ3) is 5.86. The zero-order chi connectivity index (χ0) is 18.2. The zero-order valence-electron chi connectivity index (χ0n) is 14.6. The van der Waals surface area contributed by atoms with Gasteiger partial charge in [-0.1, -0.05) is 50.6 Å². The topological polar surface area (TPSA) is 80.3 Å². The smallest absolute Gasteiger partial charge is 0.408 e. The number of hydrogen-bond acceptors (Lipinski definition) is 5. The number of thiazole rings is 1.